The Kier molecular flexibility index (Phi) is 5.10. The van der Waals surface area contributed by atoms with E-state index in [0.29, 0.717) is 5.82 Å². The van der Waals surface area contributed by atoms with Crippen molar-refractivity contribution in [2.75, 3.05) is 0 Å². The highest BCUT2D eigenvalue weighted by Gasteiger charge is 2.17. The predicted molar refractivity (Wildman–Crippen MR) is 95.0 cm³/mol. The van der Waals surface area contributed by atoms with E-state index in [1.54, 1.807) is 0 Å². The average Bonchev–Trinajstić information content (AvgIpc) is 3.05. The van der Waals surface area contributed by atoms with Gasteiger partial charge in [-0.2, -0.15) is 4.98 Å². The number of aromatic nitrogens is 2. The Morgan fingerprint density at radius 2 is 1.88 bits per heavy atom. The maximum atomic E-state index is 12.3. The highest BCUT2D eigenvalue weighted by Crippen LogP contribution is 2.25. The average molecular weight is 398 g/mol. The van der Waals surface area contributed by atoms with E-state index in [-0.39, 0.29) is 27.4 Å². The fourth-order valence-electron chi connectivity index (χ4n) is 2.14. The molecule has 25 heavy (non-hydrogen) atoms. The van der Waals surface area contributed by atoms with Crippen molar-refractivity contribution in [2.45, 2.75) is 18.4 Å². The van der Waals surface area contributed by atoms with Crippen LogP contribution in [0.5, 0.6) is 0 Å². The second-order valence-corrected chi connectivity index (χ2v) is 7.81. The van der Waals surface area contributed by atoms with Gasteiger partial charge >= 0.3 is 0 Å². The number of sulfonamides is 1. The Morgan fingerprint density at radius 1 is 1.12 bits per heavy atom. The van der Waals surface area contributed by atoms with E-state index in [2.05, 4.69) is 14.9 Å². The normalized spacial score (nSPS) is 11.6. The molecular formula is C16H13Cl2N3O3S. The van der Waals surface area contributed by atoms with Gasteiger partial charge in [0.25, 0.3) is 0 Å². The summed E-state index contributed by atoms with van der Waals surface area (Å²) in [4.78, 5) is 4.22. The van der Waals surface area contributed by atoms with Gasteiger partial charge in [-0.1, -0.05) is 52.6 Å². The van der Waals surface area contributed by atoms with Crippen molar-refractivity contribution >= 4 is 33.2 Å². The van der Waals surface area contributed by atoms with Crippen LogP contribution in [0.1, 0.15) is 11.5 Å². The molecule has 0 aliphatic rings. The van der Waals surface area contributed by atoms with Crippen LogP contribution >= 0.6 is 23.2 Å². The molecule has 0 spiro atoms. The molecule has 3 aromatic rings. The van der Waals surface area contributed by atoms with Gasteiger partial charge in [-0.05, 0) is 30.7 Å². The standard InChI is InChI=1S/C16H13Cl2N3O3S/c1-10-4-2-3-5-12(10)16-20-15(24-21-16)9-19-25(22,23)11-6-7-13(17)14(18)8-11/h2-8,19H,9H2,1H3. The Bertz CT molecular complexity index is 1020. The highest BCUT2D eigenvalue weighted by molar-refractivity contribution is 7.89. The van der Waals surface area contributed by atoms with Gasteiger partial charge in [0.15, 0.2) is 0 Å². The topological polar surface area (TPSA) is 85.1 Å². The molecule has 3 rings (SSSR count). The fourth-order valence-corrected chi connectivity index (χ4v) is 3.51. The minimum Gasteiger partial charge on any atom is -0.338 e. The van der Waals surface area contributed by atoms with Crippen LogP contribution in [0.4, 0.5) is 0 Å². The molecule has 0 unspecified atom stereocenters. The molecule has 130 valence electrons. The summed E-state index contributed by atoms with van der Waals surface area (Å²) in [5.74, 6) is 0.559. The minimum absolute atomic E-state index is 0.000502. The maximum absolute atomic E-state index is 12.3. The van der Waals surface area contributed by atoms with Crippen LogP contribution in [0.2, 0.25) is 10.0 Å². The van der Waals surface area contributed by atoms with E-state index < -0.39 is 10.0 Å². The largest absolute Gasteiger partial charge is 0.338 e. The van der Waals surface area contributed by atoms with E-state index in [9.17, 15) is 8.42 Å². The number of benzene rings is 2. The maximum Gasteiger partial charge on any atom is 0.242 e. The van der Waals surface area contributed by atoms with Gasteiger partial charge in [-0.3, -0.25) is 0 Å². The van der Waals surface area contributed by atoms with Gasteiger partial charge in [-0.25, -0.2) is 13.1 Å². The van der Waals surface area contributed by atoms with Crippen molar-refractivity contribution in [1.29, 1.82) is 0 Å². The molecule has 0 amide bonds. The fraction of sp³-hybridized carbons (Fsp3) is 0.125. The van der Waals surface area contributed by atoms with E-state index >= 15 is 0 Å². The summed E-state index contributed by atoms with van der Waals surface area (Å²) >= 11 is 11.7. The number of hydrogen-bond acceptors (Lipinski definition) is 5. The van der Waals surface area contributed by atoms with Crippen LogP contribution in [0.15, 0.2) is 51.9 Å². The van der Waals surface area contributed by atoms with E-state index in [1.807, 2.05) is 31.2 Å². The lowest BCUT2D eigenvalue weighted by Crippen LogP contribution is -2.23. The number of nitrogens with one attached hydrogen (secondary N) is 1. The second-order valence-electron chi connectivity index (χ2n) is 5.23. The van der Waals surface area contributed by atoms with Gasteiger partial charge in [-0.15, -0.1) is 0 Å². The number of halogens is 2. The molecule has 0 saturated heterocycles. The molecule has 1 N–H and O–H groups in total. The molecule has 0 fully saturated rings. The Morgan fingerprint density at radius 3 is 2.60 bits per heavy atom. The summed E-state index contributed by atoms with van der Waals surface area (Å²) in [6, 6.07) is 11.6. The van der Waals surface area contributed by atoms with Crippen molar-refractivity contribution in [3.05, 3.63) is 64.0 Å². The third kappa shape index (κ3) is 4.01. The van der Waals surface area contributed by atoms with Gasteiger partial charge < -0.3 is 4.52 Å². The van der Waals surface area contributed by atoms with Crippen LogP contribution in [0.25, 0.3) is 11.4 Å². The number of rotatable bonds is 5. The zero-order valence-electron chi connectivity index (χ0n) is 13.0. The van der Waals surface area contributed by atoms with Crippen molar-refractivity contribution < 1.29 is 12.9 Å². The van der Waals surface area contributed by atoms with E-state index in [1.165, 1.54) is 18.2 Å². The lowest BCUT2D eigenvalue weighted by atomic mass is 10.1. The first-order valence-electron chi connectivity index (χ1n) is 7.20. The van der Waals surface area contributed by atoms with Gasteiger partial charge in [0.1, 0.15) is 0 Å². The SMILES string of the molecule is Cc1ccccc1-c1noc(CNS(=O)(=O)c2ccc(Cl)c(Cl)c2)n1. The molecule has 0 bridgehead atoms. The van der Waals surface area contributed by atoms with Gasteiger partial charge in [0.2, 0.25) is 21.7 Å². The van der Waals surface area contributed by atoms with Crippen LogP contribution in [0.3, 0.4) is 0 Å². The van der Waals surface area contributed by atoms with Crippen molar-refractivity contribution in [3.63, 3.8) is 0 Å². The first-order chi connectivity index (χ1) is 11.9. The summed E-state index contributed by atoms with van der Waals surface area (Å²) in [6.45, 7) is 1.79. The summed E-state index contributed by atoms with van der Waals surface area (Å²) < 4.78 is 32.1. The summed E-state index contributed by atoms with van der Waals surface area (Å²) in [5, 5.41) is 4.32. The quantitative estimate of drug-likeness (QED) is 0.706. The molecule has 0 aliphatic carbocycles. The van der Waals surface area contributed by atoms with Crippen LogP contribution in [-0.4, -0.2) is 18.6 Å². The molecule has 9 heteroatoms. The first-order valence-corrected chi connectivity index (χ1v) is 9.44. The molecule has 0 aliphatic heterocycles. The smallest absolute Gasteiger partial charge is 0.242 e. The molecule has 6 nitrogen and oxygen atoms in total. The lowest BCUT2D eigenvalue weighted by molar-refractivity contribution is 0.376. The zero-order valence-corrected chi connectivity index (χ0v) is 15.4. The number of nitrogens with zero attached hydrogens (tertiary/aromatic N) is 2. The molecule has 1 heterocycles. The summed E-state index contributed by atoms with van der Waals surface area (Å²) in [7, 11) is -3.78. The predicted octanol–water partition coefficient (Wildman–Crippen LogP) is 3.83. The first kappa shape index (κ1) is 17.9. The molecule has 0 atom stereocenters. The lowest BCUT2D eigenvalue weighted by Gasteiger charge is -2.05. The Balaban J connectivity index is 1.75. The second kappa shape index (κ2) is 7.13. The number of hydrogen-bond donors (Lipinski definition) is 1. The third-order valence-corrected chi connectivity index (χ3v) is 5.61. The Hall–Kier alpha value is -1.93. The van der Waals surface area contributed by atoms with Crippen molar-refractivity contribution in [2.24, 2.45) is 0 Å². The monoisotopic (exact) mass is 397 g/mol. The zero-order chi connectivity index (χ0) is 18.0. The van der Waals surface area contributed by atoms with E-state index in [0.717, 1.165) is 11.1 Å². The molecule has 1 aromatic heterocycles. The van der Waals surface area contributed by atoms with E-state index in [4.69, 9.17) is 27.7 Å². The van der Waals surface area contributed by atoms with Crippen LogP contribution in [-0.2, 0) is 16.6 Å². The summed E-state index contributed by atoms with van der Waals surface area (Å²) in [6.07, 6.45) is 0. The van der Waals surface area contributed by atoms with Gasteiger partial charge in [0.05, 0.1) is 21.5 Å². The highest BCUT2D eigenvalue weighted by atomic mass is 35.5. The van der Waals surface area contributed by atoms with Crippen LogP contribution < -0.4 is 4.72 Å². The molecule has 2 aromatic carbocycles. The Labute approximate surface area is 154 Å². The summed E-state index contributed by atoms with van der Waals surface area (Å²) in [5.41, 5.74) is 1.82. The van der Waals surface area contributed by atoms with Crippen molar-refractivity contribution in [3.8, 4) is 11.4 Å². The number of aryl methyl sites for hydroxylation is 1. The third-order valence-electron chi connectivity index (χ3n) is 3.47. The van der Waals surface area contributed by atoms with Gasteiger partial charge in [0, 0.05) is 5.56 Å². The molecule has 0 saturated carbocycles. The molecule has 0 radical (unpaired) electrons. The molecular weight excluding hydrogens is 385 g/mol. The van der Waals surface area contributed by atoms with Crippen LogP contribution in [0, 0.1) is 6.92 Å². The minimum atomic E-state index is -3.78. The van der Waals surface area contributed by atoms with Crippen molar-refractivity contribution in [1.82, 2.24) is 14.9 Å².